The van der Waals surface area contributed by atoms with Crippen LogP contribution < -0.4 is 0 Å². The van der Waals surface area contributed by atoms with Gasteiger partial charge < -0.3 is 5.11 Å². The molecule has 1 rings (SSSR count). The Balaban J connectivity index is 2.84. The number of halogens is 1. The van der Waals surface area contributed by atoms with Gasteiger partial charge in [0.2, 0.25) is 0 Å². The Morgan fingerprint density at radius 3 is 3.08 bits per heavy atom. The molecule has 0 aliphatic rings. The van der Waals surface area contributed by atoms with Gasteiger partial charge in [-0.3, -0.25) is 0 Å². The van der Waals surface area contributed by atoms with E-state index in [0.717, 1.165) is 11.8 Å². The fraction of sp³-hybridized carbons (Fsp3) is 0.222. The topological polar surface area (TPSA) is 37.3 Å². The van der Waals surface area contributed by atoms with Crippen LogP contribution in [0, 0.1) is 11.8 Å². The maximum atomic E-state index is 10.6. The Bertz CT molecular complexity index is 359. The van der Waals surface area contributed by atoms with Gasteiger partial charge in [0, 0.05) is 17.3 Å². The van der Waals surface area contributed by atoms with Gasteiger partial charge in [-0.15, -0.1) is 11.3 Å². The summed E-state index contributed by atoms with van der Waals surface area (Å²) in [7, 11) is 0. The van der Waals surface area contributed by atoms with Gasteiger partial charge in [0.25, 0.3) is 0 Å². The van der Waals surface area contributed by atoms with E-state index in [1.165, 1.54) is 11.3 Å². The zero-order chi connectivity index (χ0) is 9.68. The van der Waals surface area contributed by atoms with Crippen LogP contribution in [0.15, 0.2) is 11.4 Å². The molecule has 2 nitrogen and oxygen atoms in total. The van der Waals surface area contributed by atoms with Crippen LogP contribution in [0.25, 0.3) is 0 Å². The average molecular weight is 259 g/mol. The van der Waals surface area contributed by atoms with Crippen molar-refractivity contribution in [1.29, 1.82) is 0 Å². The quantitative estimate of drug-likeness (QED) is 0.654. The highest BCUT2D eigenvalue weighted by atomic mass is 79.9. The third kappa shape index (κ3) is 2.87. The zero-order valence-corrected chi connectivity index (χ0v) is 9.11. The largest absolute Gasteiger partial charge is 0.477 e. The molecule has 13 heavy (non-hydrogen) atoms. The molecule has 0 unspecified atom stereocenters. The third-order valence-electron chi connectivity index (χ3n) is 1.30. The van der Waals surface area contributed by atoms with Crippen LogP contribution in [0.4, 0.5) is 0 Å². The number of hydrogen-bond donors (Lipinski definition) is 1. The molecular weight excluding hydrogens is 252 g/mol. The molecule has 68 valence electrons. The summed E-state index contributed by atoms with van der Waals surface area (Å²) < 4.78 is 0. The fourth-order valence-corrected chi connectivity index (χ4v) is 1.66. The van der Waals surface area contributed by atoms with E-state index in [9.17, 15) is 4.79 Å². The lowest BCUT2D eigenvalue weighted by molar-refractivity contribution is 0.0702. The van der Waals surface area contributed by atoms with Crippen LogP contribution in [-0.4, -0.2) is 16.4 Å². The van der Waals surface area contributed by atoms with Gasteiger partial charge in [0.1, 0.15) is 4.88 Å². The second kappa shape index (κ2) is 5.05. The number of aromatic carboxylic acids is 1. The molecule has 0 atom stereocenters. The molecule has 0 radical (unpaired) electrons. The first-order valence-electron chi connectivity index (χ1n) is 3.61. The number of carboxylic acid groups (broad SMARTS) is 1. The van der Waals surface area contributed by atoms with Crippen molar-refractivity contribution in [2.75, 3.05) is 5.33 Å². The summed E-state index contributed by atoms with van der Waals surface area (Å²) in [4.78, 5) is 11.0. The minimum atomic E-state index is -0.904. The molecule has 0 aromatic carbocycles. The molecule has 1 aromatic rings. The predicted molar refractivity (Wildman–Crippen MR) is 56.6 cm³/mol. The summed E-state index contributed by atoms with van der Waals surface area (Å²) in [6, 6.07) is 1.73. The number of alkyl halides is 1. The van der Waals surface area contributed by atoms with Crippen LogP contribution in [0.3, 0.4) is 0 Å². The van der Waals surface area contributed by atoms with Gasteiger partial charge >= 0.3 is 5.97 Å². The standard InChI is InChI=1S/C9H7BrO2S/c10-5-2-1-3-7-4-6-13-8(7)9(11)12/h4,6H,2,5H2,(H,11,12). The van der Waals surface area contributed by atoms with Crippen molar-refractivity contribution in [3.05, 3.63) is 21.9 Å². The summed E-state index contributed by atoms with van der Waals surface area (Å²) >= 11 is 4.45. The van der Waals surface area contributed by atoms with Crippen molar-refractivity contribution in [2.24, 2.45) is 0 Å². The monoisotopic (exact) mass is 258 g/mol. The number of rotatable bonds is 2. The first-order chi connectivity index (χ1) is 6.25. The van der Waals surface area contributed by atoms with Crippen LogP contribution in [0.5, 0.6) is 0 Å². The van der Waals surface area contributed by atoms with Crippen molar-refractivity contribution in [3.8, 4) is 11.8 Å². The van der Waals surface area contributed by atoms with E-state index in [1.54, 1.807) is 11.4 Å². The van der Waals surface area contributed by atoms with Crippen LogP contribution in [0.2, 0.25) is 0 Å². The Labute approximate surface area is 88.7 Å². The van der Waals surface area contributed by atoms with Crippen molar-refractivity contribution in [3.63, 3.8) is 0 Å². The second-order valence-corrected chi connectivity index (χ2v) is 3.92. The first kappa shape index (κ1) is 10.3. The van der Waals surface area contributed by atoms with E-state index in [2.05, 4.69) is 27.8 Å². The van der Waals surface area contributed by atoms with Crippen molar-refractivity contribution in [1.82, 2.24) is 0 Å². The van der Waals surface area contributed by atoms with Gasteiger partial charge in [-0.05, 0) is 11.4 Å². The van der Waals surface area contributed by atoms with Crippen LogP contribution in [0.1, 0.15) is 21.7 Å². The lowest BCUT2D eigenvalue weighted by Crippen LogP contribution is -1.94. The van der Waals surface area contributed by atoms with Crippen LogP contribution in [-0.2, 0) is 0 Å². The number of hydrogen-bond acceptors (Lipinski definition) is 2. The Kier molecular flexibility index (Phi) is 4.00. The van der Waals surface area contributed by atoms with Gasteiger partial charge in [-0.25, -0.2) is 4.79 Å². The molecule has 1 aromatic heterocycles. The second-order valence-electron chi connectivity index (χ2n) is 2.21. The van der Waals surface area contributed by atoms with E-state index in [4.69, 9.17) is 5.11 Å². The SMILES string of the molecule is O=C(O)c1sccc1C#CCCBr. The highest BCUT2D eigenvalue weighted by Crippen LogP contribution is 2.15. The maximum Gasteiger partial charge on any atom is 0.347 e. The smallest absolute Gasteiger partial charge is 0.347 e. The molecule has 0 aliphatic heterocycles. The number of carboxylic acids is 1. The van der Waals surface area contributed by atoms with Gasteiger partial charge in [-0.2, -0.15) is 0 Å². The van der Waals surface area contributed by atoms with E-state index in [0.29, 0.717) is 10.4 Å². The van der Waals surface area contributed by atoms with Crippen LogP contribution >= 0.6 is 27.3 Å². The lowest BCUT2D eigenvalue weighted by Gasteiger charge is -1.87. The summed E-state index contributed by atoms with van der Waals surface area (Å²) in [6.45, 7) is 0. The van der Waals surface area contributed by atoms with E-state index in [-0.39, 0.29) is 0 Å². The Hall–Kier alpha value is -0.790. The Morgan fingerprint density at radius 2 is 2.46 bits per heavy atom. The Morgan fingerprint density at radius 1 is 1.69 bits per heavy atom. The molecule has 0 saturated carbocycles. The van der Waals surface area contributed by atoms with Gasteiger partial charge in [-0.1, -0.05) is 27.8 Å². The molecule has 0 bridgehead atoms. The summed E-state index contributed by atoms with van der Waals surface area (Å²) in [5.41, 5.74) is 0.610. The van der Waals surface area contributed by atoms with Crippen molar-refractivity contribution in [2.45, 2.75) is 6.42 Å². The van der Waals surface area contributed by atoms with E-state index in [1.807, 2.05) is 0 Å². The lowest BCUT2D eigenvalue weighted by atomic mass is 10.2. The normalized spacial score (nSPS) is 9.00. The molecule has 4 heteroatoms. The maximum absolute atomic E-state index is 10.6. The molecule has 0 saturated heterocycles. The molecule has 0 amide bonds. The molecule has 1 N–H and O–H groups in total. The number of thiophene rings is 1. The van der Waals surface area contributed by atoms with E-state index < -0.39 is 5.97 Å². The molecule has 0 spiro atoms. The predicted octanol–water partition coefficient (Wildman–Crippen LogP) is 2.58. The summed E-state index contributed by atoms with van der Waals surface area (Å²) in [6.07, 6.45) is 0.731. The summed E-state index contributed by atoms with van der Waals surface area (Å²) in [5, 5.41) is 11.3. The van der Waals surface area contributed by atoms with Crippen molar-refractivity contribution >= 4 is 33.2 Å². The van der Waals surface area contributed by atoms with Crippen molar-refractivity contribution < 1.29 is 9.90 Å². The third-order valence-corrected chi connectivity index (χ3v) is 2.60. The molecule has 0 aliphatic carbocycles. The van der Waals surface area contributed by atoms with Gasteiger partial charge in [0.05, 0.1) is 0 Å². The summed E-state index contributed by atoms with van der Waals surface area (Å²) in [5.74, 6) is 4.80. The first-order valence-corrected chi connectivity index (χ1v) is 5.61. The van der Waals surface area contributed by atoms with Gasteiger partial charge in [0.15, 0.2) is 0 Å². The fourth-order valence-electron chi connectivity index (χ4n) is 0.778. The number of carbonyl (C=O) groups is 1. The average Bonchev–Trinajstić information content (AvgIpc) is 2.53. The zero-order valence-electron chi connectivity index (χ0n) is 6.71. The van der Waals surface area contributed by atoms with E-state index >= 15 is 0 Å². The molecule has 0 fully saturated rings. The highest BCUT2D eigenvalue weighted by molar-refractivity contribution is 9.09. The minimum Gasteiger partial charge on any atom is -0.477 e. The molecular formula is C9H7BrO2S. The molecule has 1 heterocycles. The highest BCUT2D eigenvalue weighted by Gasteiger charge is 2.08. The minimum absolute atomic E-state index is 0.321.